The van der Waals surface area contributed by atoms with Crippen LogP contribution in [0.2, 0.25) is 5.02 Å². The largest absolute Gasteiger partial charge is 0.451 e. The first kappa shape index (κ1) is 20.0. The molecule has 0 saturated heterocycles. The number of hydrogen-bond donors (Lipinski definition) is 1. The highest BCUT2D eigenvalue weighted by Crippen LogP contribution is 2.32. The Balaban J connectivity index is 2.13. The minimum absolute atomic E-state index is 0.0206. The van der Waals surface area contributed by atoms with Gasteiger partial charge in [-0.25, -0.2) is 0 Å². The van der Waals surface area contributed by atoms with E-state index in [0.717, 1.165) is 29.4 Å². The second kappa shape index (κ2) is 7.50. The third kappa shape index (κ3) is 4.43. The molecule has 2 rings (SSSR count). The molecule has 0 aliphatic carbocycles. The standard InChI is InChI=1S/C13H11ClF3N5O3S/c1-6(26-12-20-19-11(21(12)2)13(15,16)17)10(23)18-9-5-7(22(24)25)3-4-8(9)14/h3-6H,1-2H3,(H,18,23). The van der Waals surface area contributed by atoms with Crippen LogP contribution in [0.1, 0.15) is 12.7 Å². The van der Waals surface area contributed by atoms with Gasteiger partial charge in [-0.15, -0.1) is 10.2 Å². The predicted octanol–water partition coefficient (Wildman–Crippen LogP) is 3.51. The molecule has 140 valence electrons. The molecule has 0 fully saturated rings. The van der Waals surface area contributed by atoms with Crippen molar-refractivity contribution < 1.29 is 22.9 Å². The summed E-state index contributed by atoms with van der Waals surface area (Å²) < 4.78 is 38.9. The van der Waals surface area contributed by atoms with Gasteiger partial charge < -0.3 is 9.88 Å². The lowest BCUT2D eigenvalue weighted by molar-refractivity contribution is -0.384. The fourth-order valence-corrected chi connectivity index (χ4v) is 2.81. The number of thioether (sulfide) groups is 1. The van der Waals surface area contributed by atoms with Gasteiger partial charge in [0.05, 0.1) is 20.9 Å². The van der Waals surface area contributed by atoms with E-state index in [4.69, 9.17) is 11.6 Å². The lowest BCUT2D eigenvalue weighted by Crippen LogP contribution is -2.23. The summed E-state index contributed by atoms with van der Waals surface area (Å²) in [6.07, 6.45) is -4.66. The molecule has 1 heterocycles. The number of non-ortho nitro benzene ring substituents is 1. The van der Waals surface area contributed by atoms with Crippen molar-refractivity contribution in [3.05, 3.63) is 39.2 Å². The summed E-state index contributed by atoms with van der Waals surface area (Å²) in [5, 5.41) is 18.8. The number of hydrogen-bond acceptors (Lipinski definition) is 6. The number of carbonyl (C=O) groups excluding carboxylic acids is 1. The number of alkyl halides is 3. The van der Waals surface area contributed by atoms with Crippen LogP contribution < -0.4 is 5.32 Å². The molecule has 1 aromatic carbocycles. The Bertz CT molecular complexity index is 858. The molecule has 0 bridgehead atoms. The van der Waals surface area contributed by atoms with Gasteiger partial charge in [-0.1, -0.05) is 23.4 Å². The maximum absolute atomic E-state index is 12.7. The topological polar surface area (TPSA) is 103 Å². The number of nitrogens with zero attached hydrogens (tertiary/aromatic N) is 4. The van der Waals surface area contributed by atoms with Crippen LogP contribution >= 0.6 is 23.4 Å². The van der Waals surface area contributed by atoms with E-state index in [1.807, 2.05) is 0 Å². The van der Waals surface area contributed by atoms with Crippen molar-refractivity contribution in [3.8, 4) is 0 Å². The smallest absolute Gasteiger partial charge is 0.324 e. The molecule has 1 unspecified atom stereocenters. The first-order valence-corrected chi connectivity index (χ1v) is 8.14. The summed E-state index contributed by atoms with van der Waals surface area (Å²) >= 11 is 6.64. The second-order valence-electron chi connectivity index (χ2n) is 5.03. The summed E-state index contributed by atoms with van der Waals surface area (Å²) in [6.45, 7) is 1.44. The van der Waals surface area contributed by atoms with Crippen LogP contribution in [0.15, 0.2) is 23.4 Å². The Labute approximate surface area is 153 Å². The molecule has 1 atom stereocenters. The molecule has 26 heavy (non-hydrogen) atoms. The highest BCUT2D eigenvalue weighted by atomic mass is 35.5. The van der Waals surface area contributed by atoms with Crippen molar-refractivity contribution in [1.82, 2.24) is 14.8 Å². The Morgan fingerprint density at radius 2 is 2.08 bits per heavy atom. The van der Waals surface area contributed by atoms with Crippen molar-refractivity contribution in [2.45, 2.75) is 23.5 Å². The average Bonchev–Trinajstić information content (AvgIpc) is 2.90. The molecule has 0 saturated carbocycles. The number of carbonyl (C=O) groups is 1. The van der Waals surface area contributed by atoms with Gasteiger partial charge in [-0.05, 0) is 13.0 Å². The fraction of sp³-hybridized carbons (Fsp3) is 0.308. The van der Waals surface area contributed by atoms with E-state index in [9.17, 15) is 28.1 Å². The van der Waals surface area contributed by atoms with Gasteiger partial charge >= 0.3 is 6.18 Å². The zero-order chi connectivity index (χ0) is 19.6. The van der Waals surface area contributed by atoms with E-state index in [-0.39, 0.29) is 21.6 Å². The number of anilines is 1. The molecule has 13 heteroatoms. The lowest BCUT2D eigenvalue weighted by Gasteiger charge is -2.13. The Hall–Kier alpha value is -2.34. The van der Waals surface area contributed by atoms with Crippen LogP contribution in [0.4, 0.5) is 24.5 Å². The van der Waals surface area contributed by atoms with Gasteiger partial charge in [0.25, 0.3) is 5.69 Å². The van der Waals surface area contributed by atoms with Crippen LogP contribution in [0.5, 0.6) is 0 Å². The van der Waals surface area contributed by atoms with Crippen LogP contribution in [0.25, 0.3) is 0 Å². The lowest BCUT2D eigenvalue weighted by atomic mass is 10.2. The Morgan fingerprint density at radius 1 is 1.42 bits per heavy atom. The van der Waals surface area contributed by atoms with Crippen LogP contribution in [0, 0.1) is 10.1 Å². The van der Waals surface area contributed by atoms with E-state index in [1.54, 1.807) is 0 Å². The SMILES string of the molecule is CC(Sc1nnc(C(F)(F)F)n1C)C(=O)Nc1cc([N+](=O)[O-])ccc1Cl. The summed E-state index contributed by atoms with van der Waals surface area (Å²) in [5.41, 5.74) is -0.250. The minimum Gasteiger partial charge on any atom is -0.324 e. The molecule has 1 aromatic heterocycles. The third-order valence-electron chi connectivity index (χ3n) is 3.16. The number of rotatable bonds is 5. The molecule has 0 aliphatic rings. The highest BCUT2D eigenvalue weighted by Gasteiger charge is 2.38. The zero-order valence-corrected chi connectivity index (χ0v) is 14.8. The van der Waals surface area contributed by atoms with Crippen LogP contribution in [-0.4, -0.2) is 30.8 Å². The zero-order valence-electron chi connectivity index (χ0n) is 13.2. The number of aromatic nitrogens is 3. The van der Waals surface area contributed by atoms with Crippen LogP contribution in [-0.2, 0) is 18.0 Å². The third-order valence-corrected chi connectivity index (χ3v) is 4.62. The van der Waals surface area contributed by atoms with Crippen molar-refractivity contribution in [3.63, 3.8) is 0 Å². The number of nitro groups is 1. The number of benzene rings is 1. The quantitative estimate of drug-likeness (QED) is 0.460. The normalized spacial score (nSPS) is 12.7. The summed E-state index contributed by atoms with van der Waals surface area (Å²) in [5.74, 6) is -1.80. The van der Waals surface area contributed by atoms with E-state index >= 15 is 0 Å². The molecule has 1 N–H and O–H groups in total. The van der Waals surface area contributed by atoms with Gasteiger partial charge in [-0.3, -0.25) is 14.9 Å². The van der Waals surface area contributed by atoms with Crippen molar-refractivity contribution in [1.29, 1.82) is 0 Å². The molecule has 0 spiro atoms. The van der Waals surface area contributed by atoms with Gasteiger partial charge in [0, 0.05) is 19.2 Å². The molecule has 2 aromatic rings. The summed E-state index contributed by atoms with van der Waals surface area (Å²) in [6, 6.07) is 3.52. The number of nitrogens with one attached hydrogen (secondary N) is 1. The number of halogens is 4. The highest BCUT2D eigenvalue weighted by molar-refractivity contribution is 8.00. The van der Waals surface area contributed by atoms with Crippen molar-refractivity contribution in [2.75, 3.05) is 5.32 Å². The van der Waals surface area contributed by atoms with Crippen LogP contribution in [0.3, 0.4) is 0 Å². The van der Waals surface area contributed by atoms with Crippen molar-refractivity contribution >= 4 is 40.6 Å². The maximum Gasteiger partial charge on any atom is 0.451 e. The predicted molar refractivity (Wildman–Crippen MR) is 88.1 cm³/mol. The van der Waals surface area contributed by atoms with Crippen molar-refractivity contribution in [2.24, 2.45) is 7.05 Å². The van der Waals surface area contributed by atoms with Gasteiger partial charge in [-0.2, -0.15) is 13.2 Å². The van der Waals surface area contributed by atoms with E-state index in [2.05, 4.69) is 15.5 Å². The molecular weight excluding hydrogens is 399 g/mol. The molecule has 0 aliphatic heterocycles. The number of nitro benzene ring substituents is 1. The average molecular weight is 410 g/mol. The number of amides is 1. The molecular formula is C13H11ClF3N5O3S. The van der Waals surface area contributed by atoms with Gasteiger partial charge in [0.15, 0.2) is 5.16 Å². The Kier molecular flexibility index (Phi) is 5.76. The first-order chi connectivity index (χ1) is 12.0. The summed E-state index contributed by atoms with van der Waals surface area (Å²) in [4.78, 5) is 22.4. The van der Waals surface area contributed by atoms with E-state index in [1.165, 1.54) is 19.1 Å². The van der Waals surface area contributed by atoms with E-state index < -0.39 is 28.1 Å². The first-order valence-electron chi connectivity index (χ1n) is 6.88. The fourth-order valence-electron chi connectivity index (χ4n) is 1.83. The summed E-state index contributed by atoms with van der Waals surface area (Å²) in [7, 11) is 1.13. The monoisotopic (exact) mass is 409 g/mol. The molecule has 0 radical (unpaired) electrons. The molecule has 8 nitrogen and oxygen atoms in total. The minimum atomic E-state index is -4.66. The van der Waals surface area contributed by atoms with E-state index in [0.29, 0.717) is 0 Å². The second-order valence-corrected chi connectivity index (χ2v) is 6.75. The molecule has 1 amide bonds. The Morgan fingerprint density at radius 3 is 2.62 bits per heavy atom. The van der Waals surface area contributed by atoms with Gasteiger partial charge in [0.1, 0.15) is 0 Å². The van der Waals surface area contributed by atoms with Gasteiger partial charge in [0.2, 0.25) is 11.7 Å². The maximum atomic E-state index is 12.7.